The summed E-state index contributed by atoms with van der Waals surface area (Å²) >= 11 is 5.79. The number of aromatic amines is 1. The molecule has 2 fully saturated rings. The number of H-pyrrole nitrogens is 1. The van der Waals surface area contributed by atoms with Gasteiger partial charge in [-0.1, -0.05) is 189 Å². The number of nitrogens with one attached hydrogen (secondary N) is 1. The van der Waals surface area contributed by atoms with Crippen molar-refractivity contribution in [3.05, 3.63) is 242 Å². The molecule has 0 amide bonds. The highest BCUT2D eigenvalue weighted by Crippen LogP contribution is 2.41. The van der Waals surface area contributed by atoms with Crippen LogP contribution in [0.25, 0.3) is 56.3 Å². The minimum absolute atomic E-state index is 0.163. The van der Waals surface area contributed by atoms with Crippen molar-refractivity contribution in [1.29, 1.82) is 0 Å². The molecule has 0 radical (unpaired) electrons. The fourth-order valence-electron chi connectivity index (χ4n) is 17.1. The number of fused-ring (bicyclic) bond motifs is 15. The Labute approximate surface area is 719 Å². The van der Waals surface area contributed by atoms with Crippen LogP contribution in [0.1, 0.15) is 257 Å². The fraction of sp³-hybridized carbons (Fsp3) is 0.371. The van der Waals surface area contributed by atoms with Crippen LogP contribution in [-0.2, 0) is 43.8 Å². The minimum atomic E-state index is -0.552. The van der Waals surface area contributed by atoms with Crippen LogP contribution in [0.5, 0.6) is 0 Å². The number of carbonyl (C=O) groups is 10. The molecule has 26 heteroatoms. The zero-order valence-corrected chi connectivity index (χ0v) is 72.1. The molecular weight excluding hydrogens is 1580 g/mol. The lowest BCUT2D eigenvalue weighted by Crippen LogP contribution is -2.37. The molecule has 0 bridgehead atoms. The molecular formula is C97H103ClFN13O11. The fourth-order valence-corrected chi connectivity index (χ4v) is 17.2. The van der Waals surface area contributed by atoms with Gasteiger partial charge in [0, 0.05) is 137 Å². The third kappa shape index (κ3) is 18.0. The number of imidazole rings is 5. The van der Waals surface area contributed by atoms with Crippen molar-refractivity contribution in [3.8, 4) is 56.3 Å². The third-order valence-electron chi connectivity index (χ3n) is 23.1. The molecule has 2 aliphatic heterocycles. The van der Waals surface area contributed by atoms with Crippen molar-refractivity contribution in [2.24, 2.45) is 0 Å². The number of halogens is 2. The molecule has 11 aromatic rings. The standard InChI is InChI=1S/C21H25N3O3.C21H25N3O2.C19H13FN2O2.C19H23N3O2.C17H17ClN2O2/c1-14(2)21-22-17-15-6-3-4-7-16(15)19(25)20(26)18(17)24(21)9-5-8-23-10-12-27-13-11-23;1-14(2)21-22-17-15-8-3-4-9-16(15)19(25)20(26)18(17)24(21)13-7-12-23-10-5-6-11-23;20-12-8-5-11(6-9-12)7-10-15-21-16-13-3-1-2-4-14(13)18(23)19(24)17(16)22-15;1-12(2)19-20-15-13-8-5-6-9-14(13)17(23)18(24)16(15)22(19)11-7-10-21(3)4;1-10(2)17-19-13-11-6-3-4-7-12(11)15(21)16(22)14(13)20(17)9-5-8-18/h3-4,6-7,14H,5,8-13H2,1-2H3;3-4,8-9,14H,5-7,10-13H2,1-2H3;1-6,8-9H,7,10H2,(H,21,22);5-6,8-9,12H,7,10-11H2,1-4H3;3-4,6-7,10H,5,8-9H2,1-2H3. The van der Waals surface area contributed by atoms with Gasteiger partial charge in [0.05, 0.1) is 13.2 Å². The van der Waals surface area contributed by atoms with E-state index in [4.69, 9.17) is 31.3 Å². The summed E-state index contributed by atoms with van der Waals surface area (Å²) in [6.45, 7) is 27.9. The minimum Gasteiger partial charge on any atom is -0.379 e. The number of Topliss-reactive ketones (excluding diaryl/α,β-unsaturated/α-hetero) is 10. The smallest absolute Gasteiger partial charge is 0.252 e. The Morgan fingerprint density at radius 1 is 0.366 bits per heavy atom. The summed E-state index contributed by atoms with van der Waals surface area (Å²) in [4.78, 5) is 159. The number of hydrogen-bond donors (Lipinski definition) is 1. The Morgan fingerprint density at radius 2 is 0.675 bits per heavy atom. The van der Waals surface area contributed by atoms with Gasteiger partial charge in [-0.25, -0.2) is 29.3 Å². The van der Waals surface area contributed by atoms with Crippen LogP contribution in [0.15, 0.2) is 146 Å². The number of hydrogen-bond acceptors (Lipinski definition) is 19. The molecule has 5 aromatic heterocycles. The average molecular weight is 1680 g/mol. The Morgan fingerprint density at radius 3 is 1.01 bits per heavy atom. The number of aryl methyl sites for hydroxylation is 2. The Balaban J connectivity index is 0.000000126. The van der Waals surface area contributed by atoms with Crippen molar-refractivity contribution in [3.63, 3.8) is 0 Å². The number of nitrogens with zero attached hydrogens (tertiary/aromatic N) is 12. The van der Waals surface area contributed by atoms with E-state index in [9.17, 15) is 52.3 Å². The van der Waals surface area contributed by atoms with Crippen LogP contribution >= 0.6 is 11.6 Å². The zero-order chi connectivity index (χ0) is 87.2. The molecule has 1 N–H and O–H groups in total. The highest BCUT2D eigenvalue weighted by Gasteiger charge is 2.42. The number of morpholine rings is 1. The molecule has 0 atom stereocenters. The van der Waals surface area contributed by atoms with Crippen molar-refractivity contribution >= 4 is 69.4 Å². The SMILES string of the molecule is CC(C)c1nc2c(n1CCCCl)C(=O)C(=O)c1ccccc1-2.CC(C)c1nc2c(n1CCCN(C)C)C(=O)C(=O)c1ccccc1-2.CC(C)c1nc2c(n1CCCN1CCCC1)C(=O)C(=O)c1ccccc1-2.CC(C)c1nc2c(n1CCCN1CCOCC1)C(=O)C(=O)c1ccccc1-2.O=C1C(=O)c2[nH]c(CCc3ccc(F)cc3)nc2-c2ccccc21. The Hall–Kier alpha value is -11.9. The van der Waals surface area contributed by atoms with E-state index < -0.39 is 57.8 Å². The van der Waals surface area contributed by atoms with Gasteiger partial charge in [0.25, 0.3) is 28.9 Å². The third-order valence-corrected chi connectivity index (χ3v) is 23.4. The lowest BCUT2D eigenvalue weighted by Gasteiger charge is -2.26. The Bertz CT molecular complexity index is 5920. The van der Waals surface area contributed by atoms with E-state index in [1.54, 1.807) is 78.9 Å². The number of benzene rings is 6. The summed E-state index contributed by atoms with van der Waals surface area (Å²) < 4.78 is 26.2. The van der Waals surface area contributed by atoms with Gasteiger partial charge in [0.2, 0.25) is 28.9 Å². The maximum atomic E-state index is 12.9. The second kappa shape index (κ2) is 38.3. The summed E-state index contributed by atoms with van der Waals surface area (Å²) in [5.74, 6) is 0.523. The van der Waals surface area contributed by atoms with Crippen LogP contribution in [0.3, 0.4) is 0 Å². The first-order valence-electron chi connectivity index (χ1n) is 42.7. The Kier molecular flexibility index (Phi) is 27.2. The monoisotopic (exact) mass is 1680 g/mol. The van der Waals surface area contributed by atoms with Crippen LogP contribution in [0.2, 0.25) is 0 Å². The normalized spacial score (nSPS) is 15.0. The first-order chi connectivity index (χ1) is 59.3. The van der Waals surface area contributed by atoms with Gasteiger partial charge in [-0.3, -0.25) is 52.8 Å². The number of ether oxygens (including phenoxy) is 1. The van der Waals surface area contributed by atoms with E-state index in [0.29, 0.717) is 129 Å². The predicted octanol–water partition coefficient (Wildman–Crippen LogP) is 16.4. The first kappa shape index (κ1) is 87.5. The maximum Gasteiger partial charge on any atom is 0.252 e. The quantitative estimate of drug-likeness (QED) is 0.0487. The predicted molar refractivity (Wildman–Crippen MR) is 469 cm³/mol. The number of likely N-dealkylation sites (tertiary alicyclic amines) is 1. The average Bonchev–Trinajstić information content (AvgIpc) is 1.62. The van der Waals surface area contributed by atoms with Crippen LogP contribution in [-0.4, -0.2) is 200 Å². The number of ketones is 10. The summed E-state index contributed by atoms with van der Waals surface area (Å²) in [5, 5.41) is 0. The van der Waals surface area contributed by atoms with Crippen LogP contribution in [0, 0.1) is 5.82 Å². The van der Waals surface area contributed by atoms with Crippen molar-refractivity contribution < 1.29 is 57.1 Å². The van der Waals surface area contributed by atoms with Gasteiger partial charge in [0.15, 0.2) is 0 Å². The molecule has 7 heterocycles. The number of aromatic nitrogens is 10. The summed E-state index contributed by atoms with van der Waals surface area (Å²) in [7, 11) is 4.05. The molecule has 0 unspecified atom stereocenters. The van der Waals surface area contributed by atoms with E-state index >= 15 is 0 Å². The second-order valence-electron chi connectivity index (χ2n) is 33.4. The molecule has 5 aliphatic carbocycles. The number of rotatable bonds is 22. The van der Waals surface area contributed by atoms with Crippen molar-refractivity contribution in [2.75, 3.05) is 79.0 Å². The van der Waals surface area contributed by atoms with Gasteiger partial charge >= 0.3 is 0 Å². The molecule has 0 saturated carbocycles. The lowest BCUT2D eigenvalue weighted by atomic mass is 9.90. The number of carbonyl (C=O) groups excluding carboxylic acids is 10. The van der Waals surface area contributed by atoms with Gasteiger partial charge in [-0.2, -0.15) is 0 Å². The molecule has 24 nitrogen and oxygen atoms in total. The summed E-state index contributed by atoms with van der Waals surface area (Å²) in [5.41, 5.74) is 12.2. The largest absolute Gasteiger partial charge is 0.379 e. The van der Waals surface area contributed by atoms with E-state index in [2.05, 4.69) is 71.2 Å². The molecule has 123 heavy (non-hydrogen) atoms. The number of alkyl halides is 1. The molecule has 6 aromatic carbocycles. The molecule has 636 valence electrons. The first-order valence-corrected chi connectivity index (χ1v) is 43.2. The topological polar surface area (TPSA) is 290 Å². The highest BCUT2D eigenvalue weighted by atomic mass is 35.5. The summed E-state index contributed by atoms with van der Waals surface area (Å²) in [6.07, 6.45) is 7.30. The van der Waals surface area contributed by atoms with Crippen LogP contribution in [0.4, 0.5) is 4.39 Å². The van der Waals surface area contributed by atoms with E-state index in [0.717, 1.165) is 129 Å². The van der Waals surface area contributed by atoms with E-state index in [1.165, 1.54) is 38.1 Å². The van der Waals surface area contributed by atoms with Crippen LogP contribution < -0.4 is 0 Å². The highest BCUT2D eigenvalue weighted by molar-refractivity contribution is 6.55. The molecule has 18 rings (SSSR count). The second-order valence-corrected chi connectivity index (χ2v) is 33.7. The zero-order valence-electron chi connectivity index (χ0n) is 71.3. The summed E-state index contributed by atoms with van der Waals surface area (Å²) in [6, 6.07) is 42.3. The van der Waals surface area contributed by atoms with Gasteiger partial charge < -0.3 is 37.8 Å². The van der Waals surface area contributed by atoms with Gasteiger partial charge in [0.1, 0.15) is 91.9 Å². The van der Waals surface area contributed by atoms with E-state index in [-0.39, 0.29) is 35.2 Å². The molecule has 2 saturated heterocycles. The van der Waals surface area contributed by atoms with Gasteiger partial charge in [-0.15, -0.1) is 11.6 Å². The van der Waals surface area contributed by atoms with E-state index in [1.807, 2.05) is 101 Å². The molecule has 0 spiro atoms. The van der Waals surface area contributed by atoms with Crippen molar-refractivity contribution in [1.82, 2.24) is 62.9 Å². The maximum absolute atomic E-state index is 12.9. The molecule has 7 aliphatic rings. The van der Waals surface area contributed by atoms with Gasteiger partial charge in [-0.05, 0) is 103 Å². The lowest BCUT2D eigenvalue weighted by molar-refractivity contribution is 0.0369. The van der Waals surface area contributed by atoms with Crippen molar-refractivity contribution in [2.45, 2.75) is 157 Å².